The van der Waals surface area contributed by atoms with Gasteiger partial charge in [-0.1, -0.05) is 90.8 Å². The Morgan fingerprint density at radius 1 is 0.857 bits per heavy atom. The number of amides is 2. The molecule has 3 aromatic carbocycles. The van der Waals surface area contributed by atoms with Crippen molar-refractivity contribution in [1.29, 1.82) is 0 Å². The fourth-order valence-corrected chi connectivity index (χ4v) is 4.14. The molecule has 184 valence electrons. The molecule has 0 aliphatic rings. The zero-order valence-electron chi connectivity index (χ0n) is 21.7. The normalized spacial score (nSPS) is 12.6. The molecule has 3 rings (SSSR count). The van der Waals surface area contributed by atoms with Gasteiger partial charge in [-0.15, -0.1) is 0 Å². The Hall–Kier alpha value is -3.40. The maximum Gasteiger partial charge on any atom is 0.243 e. The van der Waals surface area contributed by atoms with Gasteiger partial charge in [0.1, 0.15) is 6.04 Å². The van der Waals surface area contributed by atoms with Crippen LogP contribution in [0.15, 0.2) is 72.8 Å². The van der Waals surface area contributed by atoms with Gasteiger partial charge in [-0.2, -0.15) is 0 Å². The van der Waals surface area contributed by atoms with E-state index in [4.69, 9.17) is 0 Å². The van der Waals surface area contributed by atoms with E-state index in [1.165, 1.54) is 0 Å². The Morgan fingerprint density at radius 2 is 1.51 bits per heavy atom. The third-order valence-electron chi connectivity index (χ3n) is 6.59. The molecule has 3 aromatic rings. The topological polar surface area (TPSA) is 49.4 Å². The maximum absolute atomic E-state index is 13.9. The van der Waals surface area contributed by atoms with Gasteiger partial charge in [0.05, 0.1) is 6.42 Å². The maximum atomic E-state index is 13.9. The van der Waals surface area contributed by atoms with Crippen molar-refractivity contribution < 1.29 is 9.59 Å². The van der Waals surface area contributed by atoms with Crippen molar-refractivity contribution in [2.75, 3.05) is 0 Å². The molecule has 2 amide bonds. The number of rotatable bonds is 10. The van der Waals surface area contributed by atoms with Gasteiger partial charge in [-0.05, 0) is 56.4 Å². The van der Waals surface area contributed by atoms with Gasteiger partial charge >= 0.3 is 0 Å². The van der Waals surface area contributed by atoms with Crippen LogP contribution in [0.1, 0.15) is 53.6 Å². The Bertz CT molecular complexity index is 1120. The summed E-state index contributed by atoms with van der Waals surface area (Å²) in [6.07, 6.45) is 1.56. The lowest BCUT2D eigenvalue weighted by molar-refractivity contribution is -0.141. The fraction of sp³-hybridized carbons (Fsp3) is 0.355. The average molecular weight is 471 g/mol. The van der Waals surface area contributed by atoms with E-state index in [1.54, 1.807) is 4.90 Å². The average Bonchev–Trinajstić information content (AvgIpc) is 2.85. The first-order valence-corrected chi connectivity index (χ1v) is 12.5. The molecule has 0 bridgehead atoms. The van der Waals surface area contributed by atoms with Crippen molar-refractivity contribution in [2.24, 2.45) is 0 Å². The summed E-state index contributed by atoms with van der Waals surface area (Å²) in [6.45, 7) is 10.5. The van der Waals surface area contributed by atoms with Crippen molar-refractivity contribution in [3.05, 3.63) is 106 Å². The van der Waals surface area contributed by atoms with E-state index in [0.717, 1.165) is 39.8 Å². The van der Waals surface area contributed by atoms with Crippen LogP contribution >= 0.6 is 0 Å². The van der Waals surface area contributed by atoms with Crippen LogP contribution in [0, 0.1) is 20.8 Å². The summed E-state index contributed by atoms with van der Waals surface area (Å²) in [6, 6.07) is 23.7. The second-order valence-electron chi connectivity index (χ2n) is 9.64. The number of nitrogens with zero attached hydrogens (tertiary/aromatic N) is 1. The molecule has 0 spiro atoms. The molecule has 0 radical (unpaired) electrons. The largest absolute Gasteiger partial charge is 0.352 e. The van der Waals surface area contributed by atoms with Gasteiger partial charge in [-0.25, -0.2) is 0 Å². The summed E-state index contributed by atoms with van der Waals surface area (Å²) in [7, 11) is 0. The third kappa shape index (κ3) is 7.54. The first-order valence-electron chi connectivity index (χ1n) is 12.5. The summed E-state index contributed by atoms with van der Waals surface area (Å²) >= 11 is 0. The number of aryl methyl sites for hydroxylation is 3. The second kappa shape index (κ2) is 12.3. The fourth-order valence-electron chi connectivity index (χ4n) is 4.14. The Labute approximate surface area is 210 Å². The standard InChI is InChI=1S/C31H38N2O2/c1-6-25(5)32-31(35)29(19-26-10-8-7-9-11-26)33(21-27-16-13-22(2)14-17-27)30(34)20-28-18-23(3)12-15-24(28)4/h7-18,25,29H,6,19-21H2,1-5H3,(H,32,35)/t25-,29+/m1/s1. The number of carbonyl (C=O) groups excluding carboxylic acids is 2. The van der Waals surface area contributed by atoms with Gasteiger partial charge in [0, 0.05) is 19.0 Å². The molecule has 0 aliphatic heterocycles. The van der Waals surface area contributed by atoms with Gasteiger partial charge < -0.3 is 10.2 Å². The quantitative estimate of drug-likeness (QED) is 0.413. The van der Waals surface area contributed by atoms with Gasteiger partial charge in [0.25, 0.3) is 0 Å². The smallest absolute Gasteiger partial charge is 0.243 e. The van der Waals surface area contributed by atoms with Crippen LogP contribution in [-0.2, 0) is 29.0 Å². The van der Waals surface area contributed by atoms with Crippen molar-refractivity contribution >= 4 is 11.8 Å². The molecule has 4 nitrogen and oxygen atoms in total. The van der Waals surface area contributed by atoms with Crippen LogP contribution in [0.4, 0.5) is 0 Å². The molecular weight excluding hydrogens is 432 g/mol. The second-order valence-corrected chi connectivity index (χ2v) is 9.64. The lowest BCUT2D eigenvalue weighted by Crippen LogP contribution is -2.52. The molecule has 0 fully saturated rings. The van der Waals surface area contributed by atoms with Crippen LogP contribution in [0.5, 0.6) is 0 Å². The molecule has 0 unspecified atom stereocenters. The zero-order valence-corrected chi connectivity index (χ0v) is 21.7. The number of carbonyl (C=O) groups is 2. The number of nitrogens with one attached hydrogen (secondary N) is 1. The summed E-state index contributed by atoms with van der Waals surface area (Å²) < 4.78 is 0. The van der Waals surface area contributed by atoms with E-state index in [9.17, 15) is 9.59 Å². The van der Waals surface area contributed by atoms with Crippen molar-refractivity contribution in [2.45, 2.75) is 72.5 Å². The highest BCUT2D eigenvalue weighted by Gasteiger charge is 2.31. The van der Waals surface area contributed by atoms with E-state index in [2.05, 4.69) is 23.5 Å². The Balaban J connectivity index is 1.99. The minimum absolute atomic E-state index is 0.0381. The molecule has 0 heterocycles. The molecule has 1 N–H and O–H groups in total. The van der Waals surface area contributed by atoms with Crippen LogP contribution in [0.2, 0.25) is 0 Å². The summed E-state index contributed by atoms with van der Waals surface area (Å²) in [5.41, 5.74) is 6.42. The first kappa shape index (κ1) is 26.2. The van der Waals surface area contributed by atoms with Crippen LogP contribution in [-0.4, -0.2) is 28.8 Å². The van der Waals surface area contributed by atoms with Crippen LogP contribution < -0.4 is 5.32 Å². The Morgan fingerprint density at radius 3 is 2.17 bits per heavy atom. The predicted molar refractivity (Wildman–Crippen MR) is 143 cm³/mol. The van der Waals surface area contributed by atoms with Gasteiger partial charge in [-0.3, -0.25) is 9.59 Å². The summed E-state index contributed by atoms with van der Waals surface area (Å²) in [5, 5.41) is 3.13. The Kier molecular flexibility index (Phi) is 9.25. The van der Waals surface area contributed by atoms with Crippen molar-refractivity contribution in [3.63, 3.8) is 0 Å². The molecule has 35 heavy (non-hydrogen) atoms. The van der Waals surface area contributed by atoms with Crippen LogP contribution in [0.25, 0.3) is 0 Å². The number of hydrogen-bond donors (Lipinski definition) is 1. The first-order chi connectivity index (χ1) is 16.8. The highest BCUT2D eigenvalue weighted by Crippen LogP contribution is 2.19. The third-order valence-corrected chi connectivity index (χ3v) is 6.59. The molecule has 2 atom stereocenters. The predicted octanol–water partition coefficient (Wildman–Crippen LogP) is 5.71. The van der Waals surface area contributed by atoms with Gasteiger partial charge in [0.15, 0.2) is 0 Å². The number of hydrogen-bond acceptors (Lipinski definition) is 2. The lowest BCUT2D eigenvalue weighted by atomic mass is 9.99. The van der Waals surface area contributed by atoms with Crippen LogP contribution in [0.3, 0.4) is 0 Å². The summed E-state index contributed by atoms with van der Waals surface area (Å²) in [4.78, 5) is 29.2. The number of benzene rings is 3. The van der Waals surface area contributed by atoms with E-state index in [-0.39, 0.29) is 24.3 Å². The minimum Gasteiger partial charge on any atom is -0.352 e. The van der Waals surface area contributed by atoms with E-state index in [0.29, 0.717) is 13.0 Å². The molecule has 0 saturated heterocycles. The minimum atomic E-state index is -0.606. The van der Waals surface area contributed by atoms with E-state index >= 15 is 0 Å². The highest BCUT2D eigenvalue weighted by atomic mass is 16.2. The van der Waals surface area contributed by atoms with Crippen molar-refractivity contribution in [3.8, 4) is 0 Å². The molecule has 4 heteroatoms. The zero-order chi connectivity index (χ0) is 25.4. The van der Waals surface area contributed by atoms with Gasteiger partial charge in [0.2, 0.25) is 11.8 Å². The monoisotopic (exact) mass is 470 g/mol. The van der Waals surface area contributed by atoms with E-state index < -0.39 is 6.04 Å². The summed E-state index contributed by atoms with van der Waals surface area (Å²) in [5.74, 6) is -0.149. The molecule has 0 aromatic heterocycles. The SMILES string of the molecule is CC[C@@H](C)NC(=O)[C@H](Cc1ccccc1)N(Cc1ccc(C)cc1)C(=O)Cc1cc(C)ccc1C. The van der Waals surface area contributed by atoms with E-state index in [1.807, 2.05) is 89.2 Å². The molecule has 0 saturated carbocycles. The molecule has 0 aliphatic carbocycles. The molecular formula is C31H38N2O2. The highest BCUT2D eigenvalue weighted by molar-refractivity contribution is 5.89. The van der Waals surface area contributed by atoms with Crippen molar-refractivity contribution in [1.82, 2.24) is 10.2 Å². The lowest BCUT2D eigenvalue weighted by Gasteiger charge is -2.32.